The number of benzene rings is 1. The minimum Gasteiger partial charge on any atom is -0.310 e. The lowest BCUT2D eigenvalue weighted by molar-refractivity contribution is 0.380. The van der Waals surface area contributed by atoms with E-state index in [1.54, 1.807) is 0 Å². The summed E-state index contributed by atoms with van der Waals surface area (Å²) in [5.41, 5.74) is 2.84. The Kier molecular flexibility index (Phi) is 4.61. The van der Waals surface area contributed by atoms with Gasteiger partial charge in [-0.1, -0.05) is 44.0 Å². The summed E-state index contributed by atoms with van der Waals surface area (Å²) in [5.74, 6) is 0.907. The molecule has 1 atom stereocenters. The fourth-order valence-electron chi connectivity index (χ4n) is 2.80. The smallest absolute Gasteiger partial charge is 0.0208 e. The van der Waals surface area contributed by atoms with Gasteiger partial charge in [0.1, 0.15) is 0 Å². The largest absolute Gasteiger partial charge is 0.310 e. The van der Waals surface area contributed by atoms with Gasteiger partial charge in [0.2, 0.25) is 0 Å². The molecule has 1 aromatic carbocycles. The molecule has 1 aliphatic carbocycles. The fourth-order valence-corrected chi connectivity index (χ4v) is 2.80. The second kappa shape index (κ2) is 6.20. The summed E-state index contributed by atoms with van der Waals surface area (Å²) >= 11 is 0. The predicted molar refractivity (Wildman–Crippen MR) is 74.1 cm³/mol. The number of hydrogen-bond acceptors (Lipinski definition) is 1. The van der Waals surface area contributed by atoms with Crippen LogP contribution in [0.15, 0.2) is 24.3 Å². The van der Waals surface area contributed by atoms with E-state index in [9.17, 15) is 0 Å². The Balaban J connectivity index is 1.80. The van der Waals surface area contributed by atoms with Gasteiger partial charge < -0.3 is 5.32 Å². The lowest BCUT2D eigenvalue weighted by Crippen LogP contribution is -2.31. The van der Waals surface area contributed by atoms with Gasteiger partial charge in [-0.05, 0) is 43.2 Å². The molecule has 17 heavy (non-hydrogen) atoms. The van der Waals surface area contributed by atoms with E-state index in [0.29, 0.717) is 6.04 Å². The van der Waals surface area contributed by atoms with Crippen molar-refractivity contribution in [3.8, 4) is 0 Å². The van der Waals surface area contributed by atoms with Crippen molar-refractivity contribution in [2.24, 2.45) is 5.92 Å². The van der Waals surface area contributed by atoms with Gasteiger partial charge in [0.25, 0.3) is 0 Å². The predicted octanol–water partition coefficient (Wildman–Crippen LogP) is 3.92. The molecule has 0 aromatic heterocycles. The van der Waals surface area contributed by atoms with Crippen molar-refractivity contribution in [3.05, 3.63) is 35.4 Å². The zero-order chi connectivity index (χ0) is 12.1. The quantitative estimate of drug-likeness (QED) is 0.810. The van der Waals surface area contributed by atoms with Crippen LogP contribution in [0, 0.1) is 5.92 Å². The average molecular weight is 231 g/mol. The number of rotatable bonds is 5. The Morgan fingerprint density at radius 1 is 1.12 bits per heavy atom. The van der Waals surface area contributed by atoms with Crippen LogP contribution in [0.2, 0.25) is 0 Å². The monoisotopic (exact) mass is 231 g/mol. The molecule has 1 aliphatic rings. The highest BCUT2D eigenvalue weighted by Gasteiger charge is 2.20. The maximum atomic E-state index is 3.68. The summed E-state index contributed by atoms with van der Waals surface area (Å²) in [5, 5.41) is 3.68. The molecule has 0 bridgehead atoms. The lowest BCUT2D eigenvalue weighted by atomic mass is 9.99. The van der Waals surface area contributed by atoms with E-state index in [0.717, 1.165) is 18.9 Å². The zero-order valence-electron chi connectivity index (χ0n) is 11.2. The van der Waals surface area contributed by atoms with Crippen LogP contribution in [0.4, 0.5) is 0 Å². The van der Waals surface area contributed by atoms with E-state index in [4.69, 9.17) is 0 Å². The van der Waals surface area contributed by atoms with Crippen LogP contribution in [0.1, 0.15) is 50.7 Å². The van der Waals surface area contributed by atoms with Crippen LogP contribution in [0.5, 0.6) is 0 Å². The molecule has 1 fully saturated rings. The van der Waals surface area contributed by atoms with Gasteiger partial charge in [0, 0.05) is 12.6 Å². The third-order valence-electron chi connectivity index (χ3n) is 4.17. The molecular weight excluding hydrogens is 206 g/mol. The van der Waals surface area contributed by atoms with Crippen LogP contribution in [-0.2, 0) is 13.0 Å². The van der Waals surface area contributed by atoms with Crippen molar-refractivity contribution >= 4 is 0 Å². The SMILES string of the molecule is CCc1ccc(CN[C@@H](C)C2CCCC2)cc1. The van der Waals surface area contributed by atoms with Crippen LogP contribution in [0.3, 0.4) is 0 Å². The van der Waals surface area contributed by atoms with Gasteiger partial charge in [-0.3, -0.25) is 0 Å². The van der Waals surface area contributed by atoms with Crippen molar-refractivity contribution in [1.29, 1.82) is 0 Å². The summed E-state index contributed by atoms with van der Waals surface area (Å²) in [6, 6.07) is 9.68. The Morgan fingerprint density at radius 3 is 2.29 bits per heavy atom. The van der Waals surface area contributed by atoms with E-state index < -0.39 is 0 Å². The van der Waals surface area contributed by atoms with Crippen LogP contribution >= 0.6 is 0 Å². The van der Waals surface area contributed by atoms with Crippen molar-refractivity contribution in [2.45, 2.75) is 58.5 Å². The van der Waals surface area contributed by atoms with E-state index in [2.05, 4.69) is 43.4 Å². The van der Waals surface area contributed by atoms with E-state index in [1.807, 2.05) is 0 Å². The Hall–Kier alpha value is -0.820. The van der Waals surface area contributed by atoms with Gasteiger partial charge in [-0.15, -0.1) is 0 Å². The van der Waals surface area contributed by atoms with Crippen molar-refractivity contribution in [2.75, 3.05) is 0 Å². The molecule has 1 nitrogen and oxygen atoms in total. The zero-order valence-corrected chi connectivity index (χ0v) is 11.2. The highest BCUT2D eigenvalue weighted by atomic mass is 14.9. The van der Waals surface area contributed by atoms with E-state index >= 15 is 0 Å². The molecule has 0 radical (unpaired) electrons. The van der Waals surface area contributed by atoms with E-state index in [1.165, 1.54) is 36.8 Å². The maximum Gasteiger partial charge on any atom is 0.0208 e. The molecule has 1 aromatic rings. The molecular formula is C16H25N. The summed E-state index contributed by atoms with van der Waals surface area (Å²) in [6.07, 6.45) is 6.84. The first kappa shape index (κ1) is 12.6. The third kappa shape index (κ3) is 3.57. The molecule has 0 unspecified atom stereocenters. The maximum absolute atomic E-state index is 3.68. The third-order valence-corrected chi connectivity index (χ3v) is 4.17. The molecule has 0 amide bonds. The fraction of sp³-hybridized carbons (Fsp3) is 0.625. The second-order valence-corrected chi connectivity index (χ2v) is 5.38. The summed E-state index contributed by atoms with van der Waals surface area (Å²) in [7, 11) is 0. The normalized spacial score (nSPS) is 18.5. The van der Waals surface area contributed by atoms with Crippen LogP contribution < -0.4 is 5.32 Å². The standard InChI is InChI=1S/C16H25N/c1-3-14-8-10-15(11-9-14)12-17-13(2)16-6-4-5-7-16/h8-11,13,16-17H,3-7,12H2,1-2H3/t13-/m0/s1. The molecule has 2 rings (SSSR count). The summed E-state index contributed by atoms with van der Waals surface area (Å²) in [4.78, 5) is 0. The van der Waals surface area contributed by atoms with Crippen molar-refractivity contribution < 1.29 is 0 Å². The first-order valence-corrected chi connectivity index (χ1v) is 7.10. The second-order valence-electron chi connectivity index (χ2n) is 5.38. The van der Waals surface area contributed by atoms with Gasteiger partial charge in [-0.2, -0.15) is 0 Å². The number of nitrogens with one attached hydrogen (secondary N) is 1. The molecule has 1 heteroatoms. The molecule has 1 N–H and O–H groups in total. The minimum absolute atomic E-state index is 0.670. The summed E-state index contributed by atoms with van der Waals surface area (Å²) < 4.78 is 0. The van der Waals surface area contributed by atoms with Crippen LogP contribution in [-0.4, -0.2) is 6.04 Å². The lowest BCUT2D eigenvalue weighted by Gasteiger charge is -2.20. The number of aryl methyl sites for hydroxylation is 1. The van der Waals surface area contributed by atoms with Gasteiger partial charge in [0.05, 0.1) is 0 Å². The molecule has 0 aliphatic heterocycles. The van der Waals surface area contributed by atoms with Gasteiger partial charge in [0.15, 0.2) is 0 Å². The topological polar surface area (TPSA) is 12.0 Å². The molecule has 0 saturated heterocycles. The summed E-state index contributed by atoms with van der Waals surface area (Å²) in [6.45, 7) is 5.56. The van der Waals surface area contributed by atoms with Crippen molar-refractivity contribution in [1.82, 2.24) is 5.32 Å². The first-order chi connectivity index (χ1) is 8.29. The minimum atomic E-state index is 0.670. The first-order valence-electron chi connectivity index (χ1n) is 7.10. The van der Waals surface area contributed by atoms with E-state index in [-0.39, 0.29) is 0 Å². The molecule has 94 valence electrons. The molecule has 0 heterocycles. The van der Waals surface area contributed by atoms with Gasteiger partial charge >= 0.3 is 0 Å². The van der Waals surface area contributed by atoms with Gasteiger partial charge in [-0.25, -0.2) is 0 Å². The Labute approximate surface area is 106 Å². The highest BCUT2D eigenvalue weighted by Crippen LogP contribution is 2.27. The van der Waals surface area contributed by atoms with Crippen LogP contribution in [0.25, 0.3) is 0 Å². The average Bonchev–Trinajstić information content (AvgIpc) is 2.90. The Morgan fingerprint density at radius 2 is 1.71 bits per heavy atom. The Bertz CT molecular complexity index is 322. The van der Waals surface area contributed by atoms with Crippen molar-refractivity contribution in [3.63, 3.8) is 0 Å². The number of hydrogen-bond donors (Lipinski definition) is 1. The molecule has 0 spiro atoms. The highest BCUT2D eigenvalue weighted by molar-refractivity contribution is 5.22. The molecule has 1 saturated carbocycles.